The van der Waals surface area contributed by atoms with Crippen LogP contribution in [0.2, 0.25) is 0 Å². The van der Waals surface area contributed by atoms with Crippen LogP contribution in [0.25, 0.3) is 22.3 Å². The summed E-state index contributed by atoms with van der Waals surface area (Å²) in [4.78, 5) is 46.4. The minimum absolute atomic E-state index is 0.0657. The monoisotopic (exact) mass is 624 g/mol. The fourth-order valence-corrected chi connectivity index (χ4v) is 5.02. The Bertz CT molecular complexity index is 1630. The molecule has 0 fully saturated rings. The molecule has 0 radical (unpaired) electrons. The van der Waals surface area contributed by atoms with Gasteiger partial charge in [0.05, 0.1) is 12.1 Å². The molecule has 242 valence electrons. The molecule has 4 aromatic rings. The van der Waals surface area contributed by atoms with Crippen molar-refractivity contribution in [2.24, 2.45) is 0 Å². The molecule has 4 rings (SSSR count). The van der Waals surface area contributed by atoms with E-state index in [2.05, 4.69) is 43.3 Å². The number of hydrogen-bond donors (Lipinski definition) is 3. The molecule has 3 N–H and O–H groups in total. The highest BCUT2D eigenvalue weighted by molar-refractivity contribution is 5.98. The number of fused-ring (bicyclic) bond motifs is 1. The molecule has 0 aliphatic carbocycles. The van der Waals surface area contributed by atoms with Crippen LogP contribution < -0.4 is 15.4 Å². The van der Waals surface area contributed by atoms with Crippen LogP contribution >= 0.6 is 0 Å². The molecule has 1 heterocycles. The van der Waals surface area contributed by atoms with Crippen molar-refractivity contribution in [1.82, 2.24) is 20.6 Å². The number of aliphatic carboxylic acids is 1. The first-order chi connectivity index (χ1) is 22.0. The summed E-state index contributed by atoms with van der Waals surface area (Å²) >= 11 is 0. The van der Waals surface area contributed by atoms with Crippen molar-refractivity contribution in [2.75, 3.05) is 13.2 Å². The number of aromatic nitrogens is 2. The number of rotatable bonds is 15. The molecular formula is C37H44N4O5. The zero-order valence-corrected chi connectivity index (χ0v) is 27.1. The fourth-order valence-electron chi connectivity index (χ4n) is 5.02. The van der Waals surface area contributed by atoms with Crippen LogP contribution in [-0.4, -0.2) is 52.1 Å². The molecule has 0 aliphatic heterocycles. The number of nitrogens with zero attached hydrogens (tertiary/aromatic N) is 2. The highest BCUT2D eigenvalue weighted by Gasteiger charge is 2.23. The lowest BCUT2D eigenvalue weighted by molar-refractivity contribution is -0.138. The van der Waals surface area contributed by atoms with Gasteiger partial charge in [0.25, 0.3) is 5.91 Å². The second-order valence-corrected chi connectivity index (χ2v) is 12.5. The van der Waals surface area contributed by atoms with E-state index in [0.29, 0.717) is 18.0 Å². The van der Waals surface area contributed by atoms with Gasteiger partial charge in [-0.3, -0.25) is 14.4 Å². The maximum Gasteiger partial charge on any atom is 0.322 e. The number of ether oxygens (including phenoxy) is 1. The van der Waals surface area contributed by atoms with Gasteiger partial charge < -0.3 is 20.5 Å². The number of unbranched alkanes of at least 4 members (excludes halogenated alkanes) is 4. The molecule has 0 saturated carbocycles. The van der Waals surface area contributed by atoms with Crippen molar-refractivity contribution in [3.63, 3.8) is 0 Å². The van der Waals surface area contributed by atoms with Gasteiger partial charge >= 0.3 is 5.97 Å². The third kappa shape index (κ3) is 9.86. The zero-order chi connectivity index (χ0) is 33.1. The Morgan fingerprint density at radius 2 is 1.63 bits per heavy atom. The molecule has 1 aromatic heterocycles. The van der Waals surface area contributed by atoms with Crippen molar-refractivity contribution >= 4 is 28.7 Å². The topological polar surface area (TPSA) is 131 Å². The summed E-state index contributed by atoms with van der Waals surface area (Å²) in [5.74, 6) is -0.801. The average molecular weight is 625 g/mol. The number of carboxylic acid groups (broad SMARTS) is 1. The number of carbonyl (C=O) groups excluding carboxylic acids is 2. The largest absolute Gasteiger partial charge is 0.494 e. The molecule has 1 unspecified atom stereocenters. The van der Waals surface area contributed by atoms with E-state index in [9.17, 15) is 14.4 Å². The first-order valence-electron chi connectivity index (χ1n) is 15.9. The van der Waals surface area contributed by atoms with E-state index in [1.807, 2.05) is 54.6 Å². The normalized spacial score (nSPS) is 12.0. The summed E-state index contributed by atoms with van der Waals surface area (Å²) in [6, 6.07) is 19.5. The average Bonchev–Trinajstić information content (AvgIpc) is 3.04. The lowest BCUT2D eigenvalue weighted by atomic mass is 9.86. The highest BCUT2D eigenvalue weighted by Crippen LogP contribution is 2.24. The molecule has 46 heavy (non-hydrogen) atoms. The van der Waals surface area contributed by atoms with Crippen molar-refractivity contribution in [2.45, 2.75) is 77.7 Å². The Kier molecular flexibility index (Phi) is 11.8. The minimum atomic E-state index is -1.17. The van der Waals surface area contributed by atoms with Gasteiger partial charge in [0.15, 0.2) is 5.82 Å². The minimum Gasteiger partial charge on any atom is -0.494 e. The van der Waals surface area contributed by atoms with Gasteiger partial charge in [-0.05, 0) is 53.3 Å². The van der Waals surface area contributed by atoms with Crippen molar-refractivity contribution in [3.8, 4) is 17.1 Å². The molecule has 1 atom stereocenters. The van der Waals surface area contributed by atoms with E-state index in [1.165, 1.54) is 25.7 Å². The van der Waals surface area contributed by atoms with E-state index < -0.39 is 30.4 Å². The van der Waals surface area contributed by atoms with Crippen LogP contribution in [0, 0.1) is 0 Å². The van der Waals surface area contributed by atoms with Gasteiger partial charge in [-0.25, -0.2) is 9.97 Å². The van der Waals surface area contributed by atoms with Crippen molar-refractivity contribution in [1.29, 1.82) is 0 Å². The zero-order valence-electron chi connectivity index (χ0n) is 27.1. The van der Waals surface area contributed by atoms with Gasteiger partial charge in [0.1, 0.15) is 18.3 Å². The van der Waals surface area contributed by atoms with Crippen LogP contribution in [0.4, 0.5) is 0 Å². The summed E-state index contributed by atoms with van der Waals surface area (Å²) in [5.41, 5.74) is 3.81. The van der Waals surface area contributed by atoms with E-state index in [0.717, 1.165) is 39.8 Å². The SMILES string of the molecule is CCCCCCCOc1ccc2nc(-c3ccc(CC(NC(=O)c4ccc(C(C)(C)C)cc4)C(=O)NCC(=O)O)cc3)ncc2c1. The Morgan fingerprint density at radius 3 is 2.30 bits per heavy atom. The summed E-state index contributed by atoms with van der Waals surface area (Å²) < 4.78 is 5.92. The highest BCUT2D eigenvalue weighted by atomic mass is 16.5. The number of amides is 2. The van der Waals surface area contributed by atoms with Crippen molar-refractivity contribution in [3.05, 3.63) is 89.6 Å². The molecule has 9 heteroatoms. The Labute approximate surface area is 270 Å². The molecule has 0 aliphatic rings. The number of hydrogen-bond acceptors (Lipinski definition) is 6. The fraction of sp³-hybridized carbons (Fsp3) is 0.378. The van der Waals surface area contributed by atoms with Crippen LogP contribution in [0.3, 0.4) is 0 Å². The second kappa shape index (κ2) is 16.0. The number of nitrogens with one attached hydrogen (secondary N) is 2. The maximum absolute atomic E-state index is 13.1. The Morgan fingerprint density at radius 1 is 0.913 bits per heavy atom. The summed E-state index contributed by atoms with van der Waals surface area (Å²) in [5, 5.41) is 15.1. The van der Waals surface area contributed by atoms with E-state index >= 15 is 0 Å². The lowest BCUT2D eigenvalue weighted by Gasteiger charge is -2.20. The van der Waals surface area contributed by atoms with Crippen LogP contribution in [0.1, 0.15) is 81.3 Å². The number of benzene rings is 3. The smallest absolute Gasteiger partial charge is 0.322 e. The third-order valence-electron chi connectivity index (χ3n) is 7.77. The molecule has 2 amide bonds. The molecule has 0 spiro atoms. The Hall–Kier alpha value is -4.79. The maximum atomic E-state index is 13.1. The van der Waals surface area contributed by atoms with Gasteiger partial charge in [-0.1, -0.05) is 89.8 Å². The van der Waals surface area contributed by atoms with Gasteiger partial charge in [-0.15, -0.1) is 0 Å². The molecule has 9 nitrogen and oxygen atoms in total. The molecule has 0 saturated heterocycles. The first kappa shape index (κ1) is 34.1. The number of carbonyl (C=O) groups is 3. The Balaban J connectivity index is 1.43. The van der Waals surface area contributed by atoms with E-state index in [-0.39, 0.29) is 11.8 Å². The molecule has 0 bridgehead atoms. The predicted molar refractivity (Wildman–Crippen MR) is 180 cm³/mol. The standard InChI is InChI=1S/C37H44N4O5/c1-5-6-7-8-9-20-46-30-18-19-31-28(22-30)23-38-34(40-31)26-12-10-25(11-13-26)21-32(36(45)39-24-33(42)43)41-35(44)27-14-16-29(17-15-27)37(2,3)4/h10-19,22-23,32H,5-9,20-21,24H2,1-4H3,(H,39,45)(H,41,44)(H,42,43). The number of carboxylic acids is 1. The van der Waals surface area contributed by atoms with Crippen LogP contribution in [-0.2, 0) is 21.4 Å². The van der Waals surface area contributed by atoms with Gasteiger partial charge in [-0.2, -0.15) is 0 Å². The quantitative estimate of drug-likeness (QED) is 0.129. The predicted octanol–water partition coefficient (Wildman–Crippen LogP) is 6.49. The van der Waals surface area contributed by atoms with E-state index in [4.69, 9.17) is 14.8 Å². The van der Waals surface area contributed by atoms with Crippen LogP contribution in [0.5, 0.6) is 5.75 Å². The van der Waals surface area contributed by atoms with Crippen LogP contribution in [0.15, 0.2) is 72.9 Å². The molecule has 3 aromatic carbocycles. The summed E-state index contributed by atoms with van der Waals surface area (Å²) in [6.45, 7) is 8.62. The second-order valence-electron chi connectivity index (χ2n) is 12.5. The van der Waals surface area contributed by atoms with E-state index in [1.54, 1.807) is 18.3 Å². The van der Waals surface area contributed by atoms with Crippen molar-refractivity contribution < 1.29 is 24.2 Å². The summed E-state index contributed by atoms with van der Waals surface area (Å²) in [7, 11) is 0. The van der Waals surface area contributed by atoms with Gasteiger partial charge in [0.2, 0.25) is 5.91 Å². The lowest BCUT2D eigenvalue weighted by Crippen LogP contribution is -2.49. The van der Waals surface area contributed by atoms with Gasteiger partial charge in [0, 0.05) is 29.1 Å². The summed E-state index contributed by atoms with van der Waals surface area (Å²) in [6.07, 6.45) is 7.88. The molecular weight excluding hydrogens is 580 g/mol. The first-order valence-corrected chi connectivity index (χ1v) is 15.9. The third-order valence-corrected chi connectivity index (χ3v) is 7.77.